The molecule has 22 nitrogen and oxygen atoms in total. The van der Waals surface area contributed by atoms with Crippen molar-refractivity contribution in [3.8, 4) is 11.5 Å². The monoisotopic (exact) mass is 769 g/mol. The number of hydrogen-bond donors (Lipinski definition) is 8. The number of hydrogen-bond acceptors (Lipinski definition) is 16. The molecule has 0 aliphatic carbocycles. The summed E-state index contributed by atoms with van der Waals surface area (Å²) in [4.78, 5) is 67.5. The van der Waals surface area contributed by atoms with E-state index >= 15 is 0 Å². The van der Waals surface area contributed by atoms with E-state index in [4.69, 9.17) is 24.5 Å². The van der Waals surface area contributed by atoms with Crippen LogP contribution in [0.15, 0.2) is 53.6 Å². The molecule has 2 aromatic carbocycles. The van der Waals surface area contributed by atoms with Crippen LogP contribution in [0.5, 0.6) is 11.5 Å². The van der Waals surface area contributed by atoms with Crippen molar-refractivity contribution in [2.75, 3.05) is 43.8 Å². The molecule has 0 bridgehead atoms. The van der Waals surface area contributed by atoms with Crippen molar-refractivity contribution in [1.29, 1.82) is 0 Å². The van der Waals surface area contributed by atoms with E-state index in [1.165, 1.54) is 26.4 Å². The van der Waals surface area contributed by atoms with Gasteiger partial charge in [-0.1, -0.05) is 18.2 Å². The number of amides is 2. The molecule has 4 aromatic rings. The Bertz CT molecular complexity index is 2100. The Hall–Kier alpha value is -4.73. The van der Waals surface area contributed by atoms with Crippen molar-refractivity contribution in [1.82, 2.24) is 19.5 Å². The third-order valence-electron chi connectivity index (χ3n) is 7.33. The number of aromatic nitrogens is 4. The number of H-pyrrole nitrogens is 1. The molecule has 24 heteroatoms. The number of phosphoric acid groups is 2. The van der Waals surface area contributed by atoms with Crippen molar-refractivity contribution in [2.24, 2.45) is 0 Å². The number of imidazole rings is 1. The molecule has 1 aliphatic rings. The Morgan fingerprint density at radius 1 is 1.00 bits per heavy atom. The van der Waals surface area contributed by atoms with E-state index in [1.807, 2.05) is 0 Å². The van der Waals surface area contributed by atoms with Gasteiger partial charge in [0.2, 0.25) is 11.9 Å². The number of aliphatic hydroxyl groups is 2. The van der Waals surface area contributed by atoms with Crippen molar-refractivity contribution in [2.45, 2.75) is 31.0 Å². The first-order valence-electron chi connectivity index (χ1n) is 14.9. The standard InChI is InChI=1S/C28H33N7O15P2/c1-45-17-11-16(32-25(39)14-6-4-3-5-7-14)18(46-2)10-15(17)31-20(36)8-9-47-51(41,42)50-52(43,44)48-12-19-22(37)23(38)27(49-19)35-13-30-21-24(35)33-28(29)34-26(21)40/h3-7,10-11,13,19,22-23,27,37-38H,8-9,12H2,1-2H3,(H,31,36)(H,32,39)(H,41,42)(H,43,44)(H3,29,33,34,40)/t19-,22-,23-,27-/m1/s1. The fraction of sp³-hybridized carbons (Fsp3) is 0.321. The van der Waals surface area contributed by atoms with E-state index in [-0.39, 0.29) is 40.0 Å². The zero-order valence-corrected chi connectivity index (χ0v) is 28.9. The molecule has 9 N–H and O–H groups in total. The average Bonchev–Trinajstić information content (AvgIpc) is 3.63. The first-order valence-corrected chi connectivity index (χ1v) is 17.9. The number of ether oxygens (including phenoxy) is 3. The minimum absolute atomic E-state index is 0.0939. The Kier molecular flexibility index (Phi) is 11.8. The zero-order valence-electron chi connectivity index (χ0n) is 27.1. The van der Waals surface area contributed by atoms with Crippen LogP contribution in [0.2, 0.25) is 0 Å². The second-order valence-electron chi connectivity index (χ2n) is 10.8. The second-order valence-corrected chi connectivity index (χ2v) is 13.9. The van der Waals surface area contributed by atoms with Gasteiger partial charge in [0.1, 0.15) is 29.8 Å². The summed E-state index contributed by atoms with van der Waals surface area (Å²) in [5.74, 6) is -1.15. The number of fused-ring (bicyclic) bond motifs is 1. The van der Waals surface area contributed by atoms with Crippen LogP contribution in [0.4, 0.5) is 17.3 Å². The topological polar surface area (TPSA) is 318 Å². The number of carbonyl (C=O) groups is 2. The lowest BCUT2D eigenvalue weighted by molar-refractivity contribution is -0.116. The number of aliphatic hydroxyl groups excluding tert-OH is 2. The highest BCUT2D eigenvalue weighted by molar-refractivity contribution is 7.61. The molecular weight excluding hydrogens is 736 g/mol. The van der Waals surface area contributed by atoms with E-state index in [0.29, 0.717) is 5.56 Å². The molecule has 2 aromatic heterocycles. The summed E-state index contributed by atoms with van der Waals surface area (Å²) in [5.41, 5.74) is 5.38. The fourth-order valence-electron chi connectivity index (χ4n) is 4.91. The van der Waals surface area contributed by atoms with Crippen LogP contribution in [0.3, 0.4) is 0 Å². The molecule has 0 radical (unpaired) electrons. The lowest BCUT2D eigenvalue weighted by Gasteiger charge is -2.19. The number of nitrogens with one attached hydrogen (secondary N) is 3. The summed E-state index contributed by atoms with van der Waals surface area (Å²) in [7, 11) is -8.05. The van der Waals surface area contributed by atoms with Crippen LogP contribution in [0, 0.1) is 0 Å². The van der Waals surface area contributed by atoms with Gasteiger partial charge in [0.05, 0.1) is 51.6 Å². The number of methoxy groups -OCH3 is 2. The number of benzene rings is 2. The summed E-state index contributed by atoms with van der Waals surface area (Å²) in [6.45, 7) is -1.71. The number of aromatic amines is 1. The predicted molar refractivity (Wildman–Crippen MR) is 178 cm³/mol. The molecular formula is C28H33N7O15P2. The largest absolute Gasteiger partial charge is 0.494 e. The van der Waals surface area contributed by atoms with E-state index in [2.05, 4.69) is 34.4 Å². The van der Waals surface area contributed by atoms with Gasteiger partial charge < -0.3 is 50.6 Å². The Morgan fingerprint density at radius 2 is 1.63 bits per heavy atom. The highest BCUT2D eigenvalue weighted by Gasteiger charge is 2.46. The van der Waals surface area contributed by atoms with Crippen molar-refractivity contribution in [3.63, 3.8) is 0 Å². The zero-order chi connectivity index (χ0) is 37.8. The highest BCUT2D eigenvalue weighted by Crippen LogP contribution is 2.60. The third-order valence-corrected chi connectivity index (χ3v) is 9.97. The number of nitrogens with zero attached hydrogens (tertiary/aromatic N) is 3. The molecule has 1 fully saturated rings. The van der Waals surface area contributed by atoms with E-state index in [0.717, 1.165) is 10.9 Å². The van der Waals surface area contributed by atoms with Gasteiger partial charge in [-0.2, -0.15) is 9.29 Å². The Balaban J connectivity index is 1.12. The number of anilines is 3. The van der Waals surface area contributed by atoms with Crippen LogP contribution in [-0.4, -0.2) is 97.1 Å². The van der Waals surface area contributed by atoms with Gasteiger partial charge in [0.15, 0.2) is 17.4 Å². The maximum absolute atomic E-state index is 12.6. The van der Waals surface area contributed by atoms with Gasteiger partial charge in [-0.05, 0) is 12.1 Å². The molecule has 0 spiro atoms. The van der Waals surface area contributed by atoms with Crippen LogP contribution in [0.1, 0.15) is 23.0 Å². The Labute approximate surface area is 292 Å². The quantitative estimate of drug-likeness (QED) is 0.0778. The molecule has 1 aliphatic heterocycles. The first kappa shape index (κ1) is 38.5. The number of nitrogens with two attached hydrogens (primary N) is 1. The molecule has 280 valence electrons. The van der Waals surface area contributed by atoms with Crippen LogP contribution in [-0.2, 0) is 32.0 Å². The van der Waals surface area contributed by atoms with E-state index in [1.54, 1.807) is 30.3 Å². The smallest absolute Gasteiger partial charge is 0.481 e. The van der Waals surface area contributed by atoms with Gasteiger partial charge in [0.25, 0.3) is 11.5 Å². The van der Waals surface area contributed by atoms with E-state index in [9.17, 15) is 43.5 Å². The molecule has 2 amide bonds. The van der Waals surface area contributed by atoms with Crippen molar-refractivity contribution < 1.29 is 66.3 Å². The fourth-order valence-corrected chi connectivity index (χ4v) is 6.99. The second kappa shape index (κ2) is 15.9. The molecule has 1 saturated heterocycles. The SMILES string of the molecule is COc1cc(NC(=O)c2ccccc2)c(OC)cc1NC(=O)CCOP(=O)(O)OP(=O)(O)OC[C@H]1O[C@@H](n2cnc3c(=O)[nH]c(N)nc32)[C@H](O)[C@@H]1O. The van der Waals surface area contributed by atoms with Gasteiger partial charge in [-0.15, -0.1) is 0 Å². The summed E-state index contributed by atoms with van der Waals surface area (Å²) >= 11 is 0. The summed E-state index contributed by atoms with van der Waals surface area (Å²) in [6, 6.07) is 11.2. The summed E-state index contributed by atoms with van der Waals surface area (Å²) < 4.78 is 55.8. The predicted octanol–water partition coefficient (Wildman–Crippen LogP) is 0.870. The van der Waals surface area contributed by atoms with Gasteiger partial charge >= 0.3 is 15.6 Å². The maximum atomic E-state index is 12.6. The molecule has 52 heavy (non-hydrogen) atoms. The molecule has 3 heterocycles. The van der Waals surface area contributed by atoms with Crippen molar-refractivity contribution >= 4 is 55.9 Å². The lowest BCUT2D eigenvalue weighted by atomic mass is 10.1. The Morgan fingerprint density at radius 3 is 2.29 bits per heavy atom. The number of nitrogen functional groups attached to an aromatic ring is 1. The third kappa shape index (κ3) is 9.00. The maximum Gasteiger partial charge on any atom is 0.481 e. The molecule has 0 saturated carbocycles. The number of rotatable bonds is 15. The minimum Gasteiger partial charge on any atom is -0.494 e. The average molecular weight is 770 g/mol. The highest BCUT2D eigenvalue weighted by atomic mass is 31.3. The normalized spacial score (nSPS) is 20.9. The van der Waals surface area contributed by atoms with Crippen LogP contribution >= 0.6 is 15.6 Å². The van der Waals surface area contributed by atoms with Gasteiger partial charge in [-0.25, -0.2) is 14.1 Å². The first-order chi connectivity index (χ1) is 24.6. The van der Waals surface area contributed by atoms with Gasteiger partial charge in [-0.3, -0.25) is 33.0 Å². The minimum atomic E-state index is -5.38. The number of phosphoric ester groups is 2. The molecule has 5 rings (SSSR count). The number of carbonyl (C=O) groups excluding carboxylic acids is 2. The van der Waals surface area contributed by atoms with Gasteiger partial charge in [0, 0.05) is 17.7 Å². The van der Waals surface area contributed by atoms with Crippen LogP contribution in [0.25, 0.3) is 11.2 Å². The van der Waals surface area contributed by atoms with Crippen molar-refractivity contribution in [3.05, 3.63) is 64.7 Å². The van der Waals surface area contributed by atoms with Crippen LogP contribution < -0.4 is 31.4 Å². The van der Waals surface area contributed by atoms with E-state index < -0.39 is 77.2 Å². The summed E-state index contributed by atoms with van der Waals surface area (Å²) in [6.07, 6.45) is -5.76. The molecule has 2 unspecified atom stereocenters. The lowest BCUT2D eigenvalue weighted by Crippen LogP contribution is -2.33. The molecule has 6 atom stereocenters. The summed E-state index contributed by atoms with van der Waals surface area (Å²) in [5, 5.41) is 26.2.